The molecule has 1 amide bonds. The molecule has 0 bridgehead atoms. The molecular weight excluding hydrogens is 419 g/mol. The van der Waals surface area contributed by atoms with Crippen molar-refractivity contribution < 1.29 is 13.7 Å². The average Bonchev–Trinajstić information content (AvgIpc) is 3.23. The van der Waals surface area contributed by atoms with E-state index in [1.807, 2.05) is 18.2 Å². The van der Waals surface area contributed by atoms with Crippen molar-refractivity contribution in [2.45, 2.75) is 25.9 Å². The lowest BCUT2D eigenvalue weighted by Crippen LogP contribution is -2.43. The molecule has 3 aromatic rings. The van der Waals surface area contributed by atoms with Gasteiger partial charge in [-0.25, -0.2) is 4.39 Å². The monoisotopic (exact) mass is 442 g/mol. The Kier molecular flexibility index (Phi) is 6.63. The van der Waals surface area contributed by atoms with Gasteiger partial charge in [0, 0.05) is 25.7 Å². The lowest BCUT2D eigenvalue weighted by Gasteiger charge is -2.33. The molecule has 1 aromatic heterocycles. The van der Waals surface area contributed by atoms with Crippen molar-refractivity contribution in [3.8, 4) is 11.4 Å². The van der Waals surface area contributed by atoms with E-state index in [1.54, 1.807) is 30.1 Å². The van der Waals surface area contributed by atoms with Gasteiger partial charge in [-0.1, -0.05) is 41.0 Å². The van der Waals surface area contributed by atoms with E-state index in [0.29, 0.717) is 35.4 Å². The van der Waals surface area contributed by atoms with Crippen molar-refractivity contribution in [3.63, 3.8) is 0 Å². The predicted molar refractivity (Wildman–Crippen MR) is 116 cm³/mol. The molecule has 1 fully saturated rings. The second-order valence-electron chi connectivity index (χ2n) is 7.89. The first-order valence-electron chi connectivity index (χ1n) is 10.3. The van der Waals surface area contributed by atoms with Gasteiger partial charge in [-0.15, -0.1) is 0 Å². The van der Waals surface area contributed by atoms with Crippen LogP contribution in [0.15, 0.2) is 53.1 Å². The largest absolute Gasteiger partial charge is 0.337 e. The number of carbonyl (C=O) groups is 1. The first-order valence-corrected chi connectivity index (χ1v) is 10.7. The zero-order chi connectivity index (χ0) is 21.8. The van der Waals surface area contributed by atoms with E-state index in [4.69, 9.17) is 16.1 Å². The molecule has 0 N–H and O–H groups in total. The highest BCUT2D eigenvalue weighted by molar-refractivity contribution is 6.33. The molecule has 1 aliphatic heterocycles. The van der Waals surface area contributed by atoms with Crippen molar-refractivity contribution in [1.29, 1.82) is 0 Å². The summed E-state index contributed by atoms with van der Waals surface area (Å²) in [5, 5.41) is 4.54. The van der Waals surface area contributed by atoms with E-state index in [2.05, 4.69) is 15.0 Å². The van der Waals surface area contributed by atoms with Gasteiger partial charge in [-0.2, -0.15) is 4.98 Å². The molecule has 0 saturated carbocycles. The fraction of sp³-hybridized carbons (Fsp3) is 0.348. The molecule has 2 heterocycles. The number of amides is 1. The Morgan fingerprint density at radius 3 is 2.81 bits per heavy atom. The van der Waals surface area contributed by atoms with Crippen molar-refractivity contribution in [2.75, 3.05) is 20.1 Å². The Balaban J connectivity index is 1.35. The number of rotatable bonds is 6. The van der Waals surface area contributed by atoms with Crippen LogP contribution in [0.1, 0.15) is 24.3 Å². The molecule has 4 rings (SSSR count). The van der Waals surface area contributed by atoms with Crippen LogP contribution in [0.2, 0.25) is 5.02 Å². The van der Waals surface area contributed by atoms with Gasteiger partial charge >= 0.3 is 0 Å². The third-order valence-corrected chi connectivity index (χ3v) is 5.84. The number of piperidine rings is 1. The second-order valence-corrected chi connectivity index (χ2v) is 8.29. The van der Waals surface area contributed by atoms with Crippen LogP contribution in [0.25, 0.3) is 11.4 Å². The molecule has 1 aliphatic rings. The number of carbonyl (C=O) groups excluding carboxylic acids is 1. The fourth-order valence-corrected chi connectivity index (χ4v) is 4.13. The summed E-state index contributed by atoms with van der Waals surface area (Å²) in [6.45, 7) is 2.55. The van der Waals surface area contributed by atoms with Gasteiger partial charge in [-0.05, 0) is 49.2 Å². The minimum absolute atomic E-state index is 0.0568. The van der Waals surface area contributed by atoms with E-state index < -0.39 is 0 Å². The highest BCUT2D eigenvalue weighted by Crippen LogP contribution is 2.25. The van der Waals surface area contributed by atoms with Crippen LogP contribution in [0.5, 0.6) is 0 Å². The average molecular weight is 443 g/mol. The summed E-state index contributed by atoms with van der Waals surface area (Å²) in [5.41, 5.74) is 1.73. The van der Waals surface area contributed by atoms with Gasteiger partial charge in [0.05, 0.1) is 17.5 Å². The molecule has 0 aliphatic carbocycles. The summed E-state index contributed by atoms with van der Waals surface area (Å²) in [7, 11) is 1.75. The smallest absolute Gasteiger partial charge is 0.246 e. The molecule has 1 saturated heterocycles. The molecule has 0 unspecified atom stereocenters. The summed E-state index contributed by atoms with van der Waals surface area (Å²) < 4.78 is 18.5. The van der Waals surface area contributed by atoms with Crippen molar-refractivity contribution >= 4 is 17.5 Å². The van der Waals surface area contributed by atoms with Gasteiger partial charge in [-0.3, -0.25) is 9.69 Å². The first kappa shape index (κ1) is 21.5. The standard InChI is InChI=1S/C23H24ClFN4O2/c1-28(15-21-26-22(27-31-21)19-6-2-3-7-20(19)24)23(30)17-5-4-12-29(14-17)13-16-8-10-18(25)11-9-16/h2-3,6-11,17H,4-5,12-15H2,1H3/t17-/m1/s1. The first-order chi connectivity index (χ1) is 15.0. The predicted octanol–water partition coefficient (Wildman–Crippen LogP) is 4.40. The number of nitrogens with zero attached hydrogens (tertiary/aromatic N) is 4. The van der Waals surface area contributed by atoms with Gasteiger partial charge in [0.15, 0.2) is 0 Å². The molecular formula is C23H24ClFN4O2. The Morgan fingerprint density at radius 2 is 2.03 bits per heavy atom. The van der Waals surface area contributed by atoms with Gasteiger partial charge in [0.1, 0.15) is 5.82 Å². The van der Waals surface area contributed by atoms with Crippen molar-refractivity contribution in [1.82, 2.24) is 19.9 Å². The zero-order valence-corrected chi connectivity index (χ0v) is 18.1. The van der Waals surface area contributed by atoms with Crippen LogP contribution in [0, 0.1) is 11.7 Å². The van der Waals surface area contributed by atoms with Crippen LogP contribution in [0.4, 0.5) is 4.39 Å². The van der Waals surface area contributed by atoms with Crippen molar-refractivity contribution in [3.05, 3.63) is 70.8 Å². The Morgan fingerprint density at radius 1 is 1.26 bits per heavy atom. The molecule has 1 atom stereocenters. The third kappa shape index (κ3) is 5.29. The fourth-order valence-electron chi connectivity index (χ4n) is 3.91. The highest BCUT2D eigenvalue weighted by atomic mass is 35.5. The molecule has 2 aromatic carbocycles. The Labute approximate surface area is 185 Å². The van der Waals surface area contributed by atoms with Crippen LogP contribution in [-0.4, -0.2) is 46.0 Å². The minimum atomic E-state index is -0.240. The van der Waals surface area contributed by atoms with E-state index in [0.717, 1.165) is 24.9 Å². The molecule has 8 heteroatoms. The maximum Gasteiger partial charge on any atom is 0.246 e. The molecule has 0 radical (unpaired) electrons. The van der Waals surface area contributed by atoms with E-state index in [-0.39, 0.29) is 24.2 Å². The Bertz CT molecular complexity index is 1040. The summed E-state index contributed by atoms with van der Waals surface area (Å²) in [6, 6.07) is 13.8. The Hall–Kier alpha value is -2.77. The quantitative estimate of drug-likeness (QED) is 0.566. The zero-order valence-electron chi connectivity index (χ0n) is 17.3. The highest BCUT2D eigenvalue weighted by Gasteiger charge is 2.28. The second kappa shape index (κ2) is 9.58. The van der Waals surface area contributed by atoms with E-state index >= 15 is 0 Å². The number of hydrogen-bond donors (Lipinski definition) is 0. The maximum atomic E-state index is 13.1. The summed E-state index contributed by atoms with van der Waals surface area (Å²) in [5.74, 6) is 0.497. The van der Waals surface area contributed by atoms with E-state index in [1.165, 1.54) is 12.1 Å². The molecule has 6 nitrogen and oxygen atoms in total. The lowest BCUT2D eigenvalue weighted by molar-refractivity contribution is -0.137. The molecule has 0 spiro atoms. The van der Waals surface area contributed by atoms with Gasteiger partial charge in [0.2, 0.25) is 17.6 Å². The van der Waals surface area contributed by atoms with Gasteiger partial charge < -0.3 is 9.42 Å². The van der Waals surface area contributed by atoms with Crippen LogP contribution in [0.3, 0.4) is 0 Å². The third-order valence-electron chi connectivity index (χ3n) is 5.51. The van der Waals surface area contributed by atoms with E-state index in [9.17, 15) is 9.18 Å². The topological polar surface area (TPSA) is 62.5 Å². The number of aromatic nitrogens is 2. The van der Waals surface area contributed by atoms with Gasteiger partial charge in [0.25, 0.3) is 0 Å². The number of benzene rings is 2. The SMILES string of the molecule is CN(Cc1nc(-c2ccccc2Cl)no1)C(=O)[C@@H]1CCCN(Cc2ccc(F)cc2)C1. The number of halogens is 2. The maximum absolute atomic E-state index is 13.1. The summed E-state index contributed by atoms with van der Waals surface area (Å²) >= 11 is 6.20. The number of hydrogen-bond acceptors (Lipinski definition) is 5. The number of likely N-dealkylation sites (tertiary alicyclic amines) is 1. The molecule has 162 valence electrons. The minimum Gasteiger partial charge on any atom is -0.337 e. The van der Waals surface area contributed by atoms with Crippen LogP contribution < -0.4 is 0 Å². The van der Waals surface area contributed by atoms with Crippen LogP contribution in [-0.2, 0) is 17.9 Å². The summed E-state index contributed by atoms with van der Waals surface area (Å²) in [6.07, 6.45) is 1.79. The van der Waals surface area contributed by atoms with Crippen molar-refractivity contribution in [2.24, 2.45) is 5.92 Å². The summed E-state index contributed by atoms with van der Waals surface area (Å²) in [4.78, 5) is 21.3. The normalized spacial score (nSPS) is 16.9. The molecule has 31 heavy (non-hydrogen) atoms. The van der Waals surface area contributed by atoms with Crippen LogP contribution >= 0.6 is 11.6 Å². The lowest BCUT2D eigenvalue weighted by atomic mass is 9.96.